The number of likely N-dealkylation sites (tertiary alicyclic amines) is 1. The maximum Gasteiger partial charge on any atom is 0.338 e. The second-order valence-electron chi connectivity index (χ2n) is 4.15. The molecular formula is C11H13NO4. The van der Waals surface area contributed by atoms with E-state index in [1.165, 1.54) is 6.07 Å². The molecule has 5 heteroatoms. The Hall–Kier alpha value is -1.78. The van der Waals surface area contributed by atoms with E-state index in [0.29, 0.717) is 19.0 Å². The summed E-state index contributed by atoms with van der Waals surface area (Å²) in [5, 5.41) is 8.70. The third-order valence-electron chi connectivity index (χ3n) is 2.77. The minimum atomic E-state index is -1.09. The number of carbonyl (C=O) groups is 2. The van der Waals surface area contributed by atoms with Crippen molar-refractivity contribution < 1.29 is 19.1 Å². The quantitative estimate of drug-likeness (QED) is 0.823. The summed E-state index contributed by atoms with van der Waals surface area (Å²) in [6.07, 6.45) is 2.08. The van der Waals surface area contributed by atoms with Gasteiger partial charge in [0.15, 0.2) is 5.76 Å². The van der Waals surface area contributed by atoms with Crippen LogP contribution in [0, 0.1) is 5.92 Å². The van der Waals surface area contributed by atoms with E-state index in [0.717, 1.165) is 12.7 Å². The zero-order valence-corrected chi connectivity index (χ0v) is 8.97. The zero-order chi connectivity index (χ0) is 11.7. The molecule has 1 fully saturated rings. The van der Waals surface area contributed by atoms with E-state index < -0.39 is 5.97 Å². The number of carboxylic acid groups (broad SMARTS) is 1. The van der Waals surface area contributed by atoms with Gasteiger partial charge in [0.05, 0.1) is 5.56 Å². The van der Waals surface area contributed by atoms with Gasteiger partial charge in [0, 0.05) is 19.2 Å². The first-order valence-corrected chi connectivity index (χ1v) is 5.19. The molecule has 1 aliphatic rings. The van der Waals surface area contributed by atoms with E-state index in [9.17, 15) is 9.59 Å². The molecule has 2 heterocycles. The molecule has 0 spiro atoms. The van der Waals surface area contributed by atoms with Crippen molar-refractivity contribution in [3.63, 3.8) is 0 Å². The van der Waals surface area contributed by atoms with Crippen LogP contribution in [0.4, 0.5) is 0 Å². The number of furan rings is 1. The van der Waals surface area contributed by atoms with Gasteiger partial charge in [-0.3, -0.25) is 4.79 Å². The summed E-state index contributed by atoms with van der Waals surface area (Å²) in [6, 6.07) is 1.27. The zero-order valence-electron chi connectivity index (χ0n) is 8.97. The molecule has 0 aliphatic carbocycles. The van der Waals surface area contributed by atoms with Crippen molar-refractivity contribution in [1.29, 1.82) is 0 Å². The highest BCUT2D eigenvalue weighted by Crippen LogP contribution is 2.19. The molecule has 0 bridgehead atoms. The minimum Gasteiger partial charge on any atom is -0.478 e. The monoisotopic (exact) mass is 223 g/mol. The molecule has 86 valence electrons. The molecule has 1 aliphatic heterocycles. The second-order valence-corrected chi connectivity index (χ2v) is 4.15. The van der Waals surface area contributed by atoms with Crippen LogP contribution in [0.2, 0.25) is 0 Å². The lowest BCUT2D eigenvalue weighted by Crippen LogP contribution is -2.28. The number of hydrogen-bond acceptors (Lipinski definition) is 3. The maximum absolute atomic E-state index is 11.9. The third kappa shape index (κ3) is 1.93. The van der Waals surface area contributed by atoms with Crippen molar-refractivity contribution in [3.05, 3.63) is 23.7 Å². The van der Waals surface area contributed by atoms with Crippen molar-refractivity contribution in [2.24, 2.45) is 5.92 Å². The van der Waals surface area contributed by atoms with Crippen LogP contribution in [0.1, 0.15) is 34.3 Å². The molecule has 5 nitrogen and oxygen atoms in total. The molecule has 1 aromatic heterocycles. The van der Waals surface area contributed by atoms with Crippen LogP contribution in [-0.4, -0.2) is 35.0 Å². The molecule has 0 aromatic carbocycles. The molecular weight excluding hydrogens is 210 g/mol. The van der Waals surface area contributed by atoms with Crippen LogP contribution in [0.3, 0.4) is 0 Å². The highest BCUT2D eigenvalue weighted by Gasteiger charge is 2.26. The molecule has 1 saturated heterocycles. The summed E-state index contributed by atoms with van der Waals surface area (Å²) in [4.78, 5) is 24.2. The van der Waals surface area contributed by atoms with Gasteiger partial charge in [0.2, 0.25) is 0 Å². The number of hydrogen-bond donors (Lipinski definition) is 1. The van der Waals surface area contributed by atoms with E-state index in [-0.39, 0.29) is 17.2 Å². The van der Waals surface area contributed by atoms with Crippen molar-refractivity contribution in [1.82, 2.24) is 4.90 Å². The summed E-state index contributed by atoms with van der Waals surface area (Å²) in [5.41, 5.74) is 0.00981. The average Bonchev–Trinajstić information content (AvgIpc) is 2.84. The first-order chi connectivity index (χ1) is 7.58. The van der Waals surface area contributed by atoms with Gasteiger partial charge >= 0.3 is 5.97 Å². The molecule has 2 rings (SSSR count). The van der Waals surface area contributed by atoms with Gasteiger partial charge in [-0.15, -0.1) is 0 Å². The lowest BCUT2D eigenvalue weighted by atomic mass is 10.2. The highest BCUT2D eigenvalue weighted by atomic mass is 16.4. The number of carboxylic acids is 1. The largest absolute Gasteiger partial charge is 0.478 e. The fourth-order valence-electron chi connectivity index (χ4n) is 1.84. The van der Waals surface area contributed by atoms with Crippen LogP contribution in [0.15, 0.2) is 16.7 Å². The molecule has 1 atom stereocenters. The standard InChI is InChI=1S/C11H13NO4/c1-7-2-3-12(5-7)10(13)9-4-8(6-16-9)11(14)15/h4,6-7H,2-3,5H2,1H3,(H,14,15). The Labute approximate surface area is 92.7 Å². The van der Waals surface area contributed by atoms with Crippen LogP contribution < -0.4 is 0 Å². The highest BCUT2D eigenvalue weighted by molar-refractivity contribution is 5.95. The Kier molecular flexibility index (Phi) is 2.68. The van der Waals surface area contributed by atoms with Gasteiger partial charge in [-0.25, -0.2) is 4.79 Å². The summed E-state index contributed by atoms with van der Waals surface area (Å²) < 4.78 is 4.96. The van der Waals surface area contributed by atoms with Gasteiger partial charge in [-0.2, -0.15) is 0 Å². The predicted octanol–water partition coefficient (Wildman–Crippen LogP) is 1.46. The molecule has 1 amide bonds. The van der Waals surface area contributed by atoms with Crippen LogP contribution in [-0.2, 0) is 0 Å². The molecule has 1 unspecified atom stereocenters. The van der Waals surface area contributed by atoms with E-state index in [2.05, 4.69) is 6.92 Å². The third-order valence-corrected chi connectivity index (χ3v) is 2.77. The van der Waals surface area contributed by atoms with Crippen LogP contribution in [0.25, 0.3) is 0 Å². The van der Waals surface area contributed by atoms with Gasteiger partial charge in [-0.05, 0) is 12.3 Å². The summed E-state index contributed by atoms with van der Waals surface area (Å²) in [6.45, 7) is 3.50. The Morgan fingerprint density at radius 1 is 1.56 bits per heavy atom. The van der Waals surface area contributed by atoms with Gasteiger partial charge in [0.25, 0.3) is 5.91 Å². The normalized spacial score (nSPS) is 20.1. The fraction of sp³-hybridized carbons (Fsp3) is 0.455. The number of aromatic carboxylic acids is 1. The minimum absolute atomic E-state index is 0.00981. The summed E-state index contributed by atoms with van der Waals surface area (Å²) in [7, 11) is 0. The number of amides is 1. The van der Waals surface area contributed by atoms with Gasteiger partial charge in [0.1, 0.15) is 6.26 Å². The SMILES string of the molecule is CC1CCN(C(=O)c2cc(C(=O)O)co2)C1. The average molecular weight is 223 g/mol. The van der Waals surface area contributed by atoms with Crippen LogP contribution >= 0.6 is 0 Å². The van der Waals surface area contributed by atoms with E-state index in [1.807, 2.05) is 0 Å². The van der Waals surface area contributed by atoms with Crippen molar-refractivity contribution in [3.8, 4) is 0 Å². The predicted molar refractivity (Wildman–Crippen MR) is 55.4 cm³/mol. The van der Waals surface area contributed by atoms with E-state index >= 15 is 0 Å². The molecule has 1 aromatic rings. The topological polar surface area (TPSA) is 70.8 Å². The Bertz CT molecular complexity index is 423. The molecule has 0 radical (unpaired) electrons. The second kappa shape index (κ2) is 4.00. The van der Waals surface area contributed by atoms with Crippen LogP contribution in [0.5, 0.6) is 0 Å². The lowest BCUT2D eigenvalue weighted by molar-refractivity contribution is 0.0695. The van der Waals surface area contributed by atoms with Crippen molar-refractivity contribution in [2.45, 2.75) is 13.3 Å². The Morgan fingerprint density at radius 2 is 2.31 bits per heavy atom. The Morgan fingerprint density at radius 3 is 2.81 bits per heavy atom. The maximum atomic E-state index is 11.9. The lowest BCUT2D eigenvalue weighted by Gasteiger charge is -2.13. The van der Waals surface area contributed by atoms with E-state index in [1.54, 1.807) is 4.90 Å². The van der Waals surface area contributed by atoms with E-state index in [4.69, 9.17) is 9.52 Å². The van der Waals surface area contributed by atoms with Crippen molar-refractivity contribution in [2.75, 3.05) is 13.1 Å². The molecule has 1 N–H and O–H groups in total. The first kappa shape index (κ1) is 10.7. The molecule has 16 heavy (non-hydrogen) atoms. The van der Waals surface area contributed by atoms with Gasteiger partial charge in [-0.1, -0.05) is 6.92 Å². The number of rotatable bonds is 2. The smallest absolute Gasteiger partial charge is 0.338 e. The molecule has 0 saturated carbocycles. The first-order valence-electron chi connectivity index (χ1n) is 5.19. The van der Waals surface area contributed by atoms with Crippen molar-refractivity contribution >= 4 is 11.9 Å². The number of carbonyl (C=O) groups excluding carboxylic acids is 1. The van der Waals surface area contributed by atoms with Gasteiger partial charge < -0.3 is 14.4 Å². The summed E-state index contributed by atoms with van der Waals surface area (Å²) in [5.74, 6) is -0.709. The number of nitrogens with zero attached hydrogens (tertiary/aromatic N) is 1. The fourth-order valence-corrected chi connectivity index (χ4v) is 1.84. The summed E-state index contributed by atoms with van der Waals surface area (Å²) >= 11 is 0. The Balaban J connectivity index is 2.11.